The van der Waals surface area contributed by atoms with Gasteiger partial charge in [-0.2, -0.15) is 0 Å². The molecule has 0 unspecified atom stereocenters. The lowest BCUT2D eigenvalue weighted by Crippen LogP contribution is -2.38. The molecule has 0 radical (unpaired) electrons. The monoisotopic (exact) mass is 673 g/mol. The van der Waals surface area contributed by atoms with Crippen LogP contribution in [0, 0.1) is 5.92 Å². The van der Waals surface area contributed by atoms with Crippen LogP contribution in [0.2, 0.25) is 0 Å². The van der Waals surface area contributed by atoms with Crippen molar-refractivity contribution >= 4 is 76.7 Å². The van der Waals surface area contributed by atoms with Crippen molar-refractivity contribution in [2.45, 2.75) is 54.6 Å². The Labute approximate surface area is 272 Å². The third-order valence-electron chi connectivity index (χ3n) is 7.48. The molecule has 4 N–H and O–H groups in total. The van der Waals surface area contributed by atoms with E-state index in [2.05, 4.69) is 35.3 Å². The van der Waals surface area contributed by atoms with Gasteiger partial charge in [0.25, 0.3) is 0 Å². The first-order valence-corrected chi connectivity index (χ1v) is 16.5. The molecule has 2 amide bonds. The average Bonchev–Trinajstić information content (AvgIpc) is 2.96. The molecule has 0 atom stereocenters. The molecule has 1 fully saturated rings. The van der Waals surface area contributed by atoms with Gasteiger partial charge >= 0.3 is 6.09 Å². The predicted octanol–water partition coefficient (Wildman–Crippen LogP) is 4.51. The molecule has 240 valence electrons. The average molecular weight is 674 g/mol. The van der Waals surface area contributed by atoms with E-state index in [0.717, 1.165) is 60.9 Å². The van der Waals surface area contributed by atoms with E-state index >= 15 is 0 Å². The first-order chi connectivity index (χ1) is 19.9. The molecule has 0 aliphatic heterocycles. The maximum absolute atomic E-state index is 13.1. The molecule has 0 bridgehead atoms. The van der Waals surface area contributed by atoms with E-state index in [-0.39, 0.29) is 42.7 Å². The van der Waals surface area contributed by atoms with E-state index < -0.39 is 20.4 Å². The number of nitrogens with one attached hydrogen (secondary N) is 2. The van der Waals surface area contributed by atoms with Crippen LogP contribution in [0.1, 0.15) is 45.4 Å². The number of nitrogens with zero attached hydrogens (tertiary/aromatic N) is 2. The number of sulfonamides is 1. The molecule has 1 aliphatic rings. The molecule has 43 heavy (non-hydrogen) atoms. The normalized spacial score (nSPS) is 14.8. The number of alkyl carbamates (subject to hydrolysis) is 1. The number of fused-ring (bicyclic) bond motifs is 1. The maximum atomic E-state index is 13.1. The fourth-order valence-electron chi connectivity index (χ4n) is 5.43. The Bertz CT molecular complexity index is 1380. The SMILES string of the molecule is CC(=C(CC(S)(S)OC(=O)NCCNS(=O)(=O)c1cccc2c(N(C)C)cccc12)C1CCCCC1)N(C=O)CCN.Cl. The van der Waals surface area contributed by atoms with Crippen LogP contribution in [-0.2, 0) is 19.6 Å². The number of carbonyl (C=O) groups excluding carboxylic acids is 2. The molecule has 0 heterocycles. The highest BCUT2D eigenvalue weighted by atomic mass is 35.5. The number of allylic oxidation sites excluding steroid dienone is 1. The summed E-state index contributed by atoms with van der Waals surface area (Å²) in [5.74, 6) is 0.224. The number of amides is 2. The quantitative estimate of drug-likeness (QED) is 0.0863. The number of nitrogens with two attached hydrogens (primary N) is 1. The standard InChI is InChI=1S/C29H43N5O5S3.ClH/c1-21(34(20-35)18-15-30)25(22-9-5-4-6-10-22)19-29(40,41)39-28(36)31-16-17-32-42(37,38)27-14-8-11-23-24(27)12-7-13-26(23)33(2)3;/h7-8,11-14,20,22,32,40-41H,4-6,9-10,15-19,30H2,1-3H3,(H,31,36);1H. The van der Waals surface area contributed by atoms with Gasteiger partial charge in [0.15, 0.2) is 0 Å². The number of rotatable bonds is 14. The lowest BCUT2D eigenvalue weighted by atomic mass is 9.81. The largest absolute Gasteiger partial charge is 0.422 e. The highest BCUT2D eigenvalue weighted by Crippen LogP contribution is 2.40. The van der Waals surface area contributed by atoms with Gasteiger partial charge < -0.3 is 25.6 Å². The number of thiol groups is 2. The minimum Gasteiger partial charge on any atom is -0.422 e. The van der Waals surface area contributed by atoms with Gasteiger partial charge in [-0.1, -0.05) is 43.5 Å². The second-order valence-electron chi connectivity index (χ2n) is 10.7. The second-order valence-corrected chi connectivity index (χ2v) is 14.2. The van der Waals surface area contributed by atoms with Crippen molar-refractivity contribution in [2.75, 3.05) is 45.2 Å². The summed E-state index contributed by atoms with van der Waals surface area (Å²) in [5, 5.41) is 4.00. The molecule has 1 aliphatic carbocycles. The Balaban J connectivity index is 0.00000645. The van der Waals surface area contributed by atoms with Crippen molar-refractivity contribution in [3.63, 3.8) is 0 Å². The van der Waals surface area contributed by atoms with Crippen molar-refractivity contribution in [1.29, 1.82) is 0 Å². The van der Waals surface area contributed by atoms with E-state index in [4.69, 9.17) is 10.5 Å². The van der Waals surface area contributed by atoms with Crippen LogP contribution in [0.3, 0.4) is 0 Å². The number of carbonyl (C=O) groups is 2. The van der Waals surface area contributed by atoms with E-state index in [1.807, 2.05) is 44.1 Å². The smallest absolute Gasteiger partial charge is 0.409 e. The highest BCUT2D eigenvalue weighted by Gasteiger charge is 2.32. The number of anilines is 1. The molecule has 2 aromatic rings. The zero-order valence-electron chi connectivity index (χ0n) is 24.9. The Hall–Kier alpha value is -2.16. The number of hydrogen-bond donors (Lipinski definition) is 5. The van der Waals surface area contributed by atoms with Gasteiger partial charge in [-0.05, 0) is 43.4 Å². The summed E-state index contributed by atoms with van der Waals surface area (Å²) in [6.45, 7) is 2.51. The number of benzene rings is 2. The molecule has 10 nitrogen and oxygen atoms in total. The third kappa shape index (κ3) is 10.2. The minimum absolute atomic E-state index is 0. The summed E-state index contributed by atoms with van der Waals surface area (Å²) in [7, 11) is -0.0507. The van der Waals surface area contributed by atoms with Gasteiger partial charge in [0.2, 0.25) is 20.7 Å². The summed E-state index contributed by atoms with van der Waals surface area (Å²) in [6, 6.07) is 10.7. The fraction of sp³-hybridized carbons (Fsp3) is 0.517. The van der Waals surface area contributed by atoms with E-state index in [0.29, 0.717) is 18.5 Å². The molecule has 2 aromatic carbocycles. The van der Waals surface area contributed by atoms with Crippen molar-refractivity contribution in [2.24, 2.45) is 11.7 Å². The Kier molecular flexibility index (Phi) is 14.5. The van der Waals surface area contributed by atoms with Crippen molar-refractivity contribution in [3.05, 3.63) is 47.7 Å². The van der Waals surface area contributed by atoms with Crippen LogP contribution in [0.4, 0.5) is 10.5 Å². The van der Waals surface area contributed by atoms with Crippen LogP contribution >= 0.6 is 37.7 Å². The summed E-state index contributed by atoms with van der Waals surface area (Å²) in [4.78, 5) is 28.0. The van der Waals surface area contributed by atoms with Crippen LogP contribution in [0.15, 0.2) is 52.6 Å². The lowest BCUT2D eigenvalue weighted by Gasteiger charge is -2.33. The highest BCUT2D eigenvalue weighted by molar-refractivity contribution is 8.00. The van der Waals surface area contributed by atoms with Gasteiger partial charge in [0.05, 0.1) is 4.90 Å². The van der Waals surface area contributed by atoms with Gasteiger partial charge in [-0.3, -0.25) is 4.79 Å². The first kappa shape index (κ1) is 37.0. The van der Waals surface area contributed by atoms with E-state index in [9.17, 15) is 18.0 Å². The van der Waals surface area contributed by atoms with E-state index in [1.54, 1.807) is 23.1 Å². The Morgan fingerprint density at radius 1 is 1.09 bits per heavy atom. The van der Waals surface area contributed by atoms with Crippen molar-refractivity contribution in [1.82, 2.24) is 14.9 Å². The summed E-state index contributed by atoms with van der Waals surface area (Å²) < 4.78 is 32.9. The third-order valence-corrected chi connectivity index (χ3v) is 9.50. The maximum Gasteiger partial charge on any atom is 0.409 e. The van der Waals surface area contributed by atoms with E-state index in [1.165, 1.54) is 0 Å². The fourth-order valence-corrected chi connectivity index (χ4v) is 7.19. The van der Waals surface area contributed by atoms with Gasteiger partial charge in [0.1, 0.15) is 0 Å². The first-order valence-electron chi connectivity index (χ1n) is 14.1. The molecule has 3 rings (SSSR count). The molecule has 1 saturated carbocycles. The van der Waals surface area contributed by atoms with Gasteiger partial charge in [-0.15, -0.1) is 37.7 Å². The summed E-state index contributed by atoms with van der Waals surface area (Å²) in [5.41, 5.74) is 8.35. The Morgan fingerprint density at radius 3 is 2.37 bits per heavy atom. The molecule has 0 spiro atoms. The molecular weight excluding hydrogens is 630 g/mol. The molecule has 14 heteroatoms. The summed E-state index contributed by atoms with van der Waals surface area (Å²) >= 11 is 9.05. The Morgan fingerprint density at radius 2 is 1.74 bits per heavy atom. The second kappa shape index (κ2) is 16.8. The zero-order chi connectivity index (χ0) is 30.9. The van der Waals surface area contributed by atoms with Crippen LogP contribution in [-0.4, -0.2) is 70.4 Å². The number of hydrogen-bond acceptors (Lipinski definition) is 9. The van der Waals surface area contributed by atoms with Crippen molar-refractivity contribution < 1.29 is 22.7 Å². The molecule has 0 aromatic heterocycles. The van der Waals surface area contributed by atoms with Gasteiger partial charge in [-0.25, -0.2) is 17.9 Å². The summed E-state index contributed by atoms with van der Waals surface area (Å²) in [6.07, 6.45) is 5.46. The predicted molar refractivity (Wildman–Crippen MR) is 182 cm³/mol. The topological polar surface area (TPSA) is 134 Å². The van der Waals surface area contributed by atoms with Crippen molar-refractivity contribution in [3.8, 4) is 0 Å². The minimum atomic E-state index is -3.85. The molecule has 0 saturated heterocycles. The molecular formula is C29H44ClN5O5S3. The number of halogens is 1. The van der Waals surface area contributed by atoms with Crippen LogP contribution in [0.25, 0.3) is 10.8 Å². The zero-order valence-corrected chi connectivity index (χ0v) is 28.3. The van der Waals surface area contributed by atoms with Crippen LogP contribution < -0.4 is 20.7 Å². The lowest BCUT2D eigenvalue weighted by molar-refractivity contribution is -0.116. The number of ether oxygens (including phenoxy) is 1. The van der Waals surface area contributed by atoms with Crippen LogP contribution in [0.5, 0.6) is 0 Å². The van der Waals surface area contributed by atoms with Gasteiger partial charge in [0, 0.05) is 68.9 Å².